The molecule has 2 heterocycles. The fraction of sp³-hybridized carbons (Fsp3) is 0.0526. The average Bonchev–Trinajstić information content (AvgIpc) is 2.95. The summed E-state index contributed by atoms with van der Waals surface area (Å²) in [5.74, 6) is 0.909. The second-order valence-corrected chi connectivity index (χ2v) is 5.81. The summed E-state index contributed by atoms with van der Waals surface area (Å²) in [7, 11) is 0. The van der Waals surface area contributed by atoms with Gasteiger partial charge in [-0.15, -0.1) is 10.2 Å². The Bertz CT molecular complexity index is 1020. The van der Waals surface area contributed by atoms with Crippen molar-refractivity contribution in [2.24, 2.45) is 0 Å². The summed E-state index contributed by atoms with van der Waals surface area (Å²) in [6, 6.07) is 18.1. The summed E-state index contributed by atoms with van der Waals surface area (Å²) < 4.78 is 1.93. The van der Waals surface area contributed by atoms with Crippen molar-refractivity contribution in [2.75, 3.05) is 11.5 Å². The van der Waals surface area contributed by atoms with Crippen molar-refractivity contribution in [1.29, 1.82) is 0 Å². The number of fused-ring (bicyclic) bond motifs is 1. The summed E-state index contributed by atoms with van der Waals surface area (Å²) in [5.41, 5.74) is 16.4. The van der Waals surface area contributed by atoms with Crippen molar-refractivity contribution in [3.05, 3.63) is 66.4 Å². The molecule has 0 atom stereocenters. The van der Waals surface area contributed by atoms with E-state index in [1.165, 1.54) is 5.56 Å². The Morgan fingerprint density at radius 3 is 2.29 bits per heavy atom. The van der Waals surface area contributed by atoms with Crippen molar-refractivity contribution in [3.63, 3.8) is 0 Å². The highest BCUT2D eigenvalue weighted by Gasteiger charge is 2.17. The van der Waals surface area contributed by atoms with Gasteiger partial charge >= 0.3 is 0 Å². The third-order valence-corrected chi connectivity index (χ3v) is 4.17. The van der Waals surface area contributed by atoms with Crippen LogP contribution in [-0.2, 0) is 0 Å². The van der Waals surface area contributed by atoms with Crippen molar-refractivity contribution in [1.82, 2.24) is 14.8 Å². The first-order valence-corrected chi connectivity index (χ1v) is 7.70. The third-order valence-electron chi connectivity index (χ3n) is 4.17. The first-order valence-electron chi connectivity index (χ1n) is 7.70. The molecule has 5 nitrogen and oxygen atoms in total. The maximum Gasteiger partial charge on any atom is 0.157 e. The number of anilines is 2. The monoisotopic (exact) mass is 315 g/mol. The van der Waals surface area contributed by atoms with Crippen LogP contribution in [0.3, 0.4) is 0 Å². The van der Waals surface area contributed by atoms with E-state index in [1.807, 2.05) is 53.2 Å². The molecule has 0 saturated heterocycles. The van der Waals surface area contributed by atoms with Gasteiger partial charge in [0.1, 0.15) is 11.5 Å². The Balaban J connectivity index is 2.00. The number of hydrogen-bond acceptors (Lipinski definition) is 4. The smallest absolute Gasteiger partial charge is 0.157 e. The molecule has 0 aliphatic carbocycles. The van der Waals surface area contributed by atoms with E-state index >= 15 is 0 Å². The Morgan fingerprint density at radius 2 is 1.58 bits per heavy atom. The molecule has 24 heavy (non-hydrogen) atoms. The predicted molar refractivity (Wildman–Crippen MR) is 97.9 cm³/mol. The van der Waals surface area contributed by atoms with Crippen molar-refractivity contribution in [2.45, 2.75) is 6.92 Å². The van der Waals surface area contributed by atoms with Crippen LogP contribution in [0.2, 0.25) is 0 Å². The van der Waals surface area contributed by atoms with E-state index in [0.717, 1.165) is 27.7 Å². The van der Waals surface area contributed by atoms with Crippen LogP contribution in [-0.4, -0.2) is 14.8 Å². The first kappa shape index (κ1) is 14.3. The number of aromatic nitrogens is 3. The van der Waals surface area contributed by atoms with Gasteiger partial charge in [-0.3, -0.25) is 0 Å². The minimum atomic E-state index is 0.341. The molecule has 0 aliphatic rings. The second-order valence-electron chi connectivity index (χ2n) is 5.81. The van der Waals surface area contributed by atoms with Crippen LogP contribution >= 0.6 is 0 Å². The molecule has 118 valence electrons. The highest BCUT2D eigenvalue weighted by atomic mass is 15.2. The summed E-state index contributed by atoms with van der Waals surface area (Å²) >= 11 is 0. The zero-order valence-electron chi connectivity index (χ0n) is 13.3. The molecule has 0 saturated carbocycles. The Labute approximate surface area is 139 Å². The molecule has 0 bridgehead atoms. The molecule has 0 radical (unpaired) electrons. The lowest BCUT2D eigenvalue weighted by molar-refractivity contribution is 1.07. The molecule has 0 spiro atoms. The number of nitrogens with zero attached hydrogens (tertiary/aromatic N) is 3. The molecule has 2 aromatic heterocycles. The van der Waals surface area contributed by atoms with E-state index in [1.54, 1.807) is 0 Å². The van der Waals surface area contributed by atoms with E-state index < -0.39 is 0 Å². The van der Waals surface area contributed by atoms with Gasteiger partial charge in [-0.05, 0) is 19.1 Å². The zero-order valence-corrected chi connectivity index (χ0v) is 13.3. The van der Waals surface area contributed by atoms with E-state index in [2.05, 4.69) is 29.3 Å². The van der Waals surface area contributed by atoms with Gasteiger partial charge in [0, 0.05) is 22.8 Å². The van der Waals surface area contributed by atoms with E-state index in [9.17, 15) is 0 Å². The van der Waals surface area contributed by atoms with Crippen molar-refractivity contribution >= 4 is 22.4 Å². The first-order chi connectivity index (χ1) is 11.6. The zero-order chi connectivity index (χ0) is 16.7. The van der Waals surface area contributed by atoms with Crippen LogP contribution in [0.15, 0.2) is 60.8 Å². The van der Waals surface area contributed by atoms with Gasteiger partial charge in [-0.2, -0.15) is 0 Å². The lowest BCUT2D eigenvalue weighted by Crippen LogP contribution is -2.00. The van der Waals surface area contributed by atoms with Crippen molar-refractivity contribution in [3.8, 4) is 16.9 Å². The van der Waals surface area contributed by atoms with Gasteiger partial charge in [0.25, 0.3) is 0 Å². The normalized spacial score (nSPS) is 11.0. The molecule has 2 aromatic carbocycles. The number of nitrogen functional groups attached to an aromatic ring is 2. The molecular weight excluding hydrogens is 298 g/mol. The third kappa shape index (κ3) is 2.18. The van der Waals surface area contributed by atoms with Crippen molar-refractivity contribution < 1.29 is 0 Å². The molecule has 0 fully saturated rings. The average molecular weight is 315 g/mol. The van der Waals surface area contributed by atoms with Crippen LogP contribution < -0.4 is 11.5 Å². The van der Waals surface area contributed by atoms with Gasteiger partial charge in [-0.1, -0.05) is 48.0 Å². The molecule has 0 aliphatic heterocycles. The van der Waals surface area contributed by atoms with E-state index in [-0.39, 0.29) is 0 Å². The Hall–Kier alpha value is -3.34. The SMILES string of the molecule is Cc1ccc(-n2cc3c(-c4ccccc4)nnc(N)c3c2N)cc1. The molecule has 5 heteroatoms. The number of rotatable bonds is 2. The second kappa shape index (κ2) is 5.38. The summed E-state index contributed by atoms with van der Waals surface area (Å²) in [4.78, 5) is 0. The number of aryl methyl sites for hydroxylation is 1. The summed E-state index contributed by atoms with van der Waals surface area (Å²) in [5, 5.41) is 10.0. The largest absolute Gasteiger partial charge is 0.384 e. The van der Waals surface area contributed by atoms with Gasteiger partial charge in [0.2, 0.25) is 0 Å². The van der Waals surface area contributed by atoms with E-state index in [4.69, 9.17) is 11.5 Å². The maximum atomic E-state index is 6.37. The van der Waals surface area contributed by atoms with Gasteiger partial charge in [0.05, 0.1) is 5.39 Å². The standard InChI is InChI=1S/C19H17N5/c1-12-7-9-14(10-8-12)24-11-15-16(19(24)21)18(20)23-22-17(15)13-5-3-2-4-6-13/h2-11H,21H2,1H3,(H2,20,23). The predicted octanol–water partition coefficient (Wildman–Crippen LogP) is 3.56. The molecule has 0 unspecified atom stereocenters. The topological polar surface area (TPSA) is 82.8 Å². The fourth-order valence-corrected chi connectivity index (χ4v) is 2.91. The number of benzene rings is 2. The minimum Gasteiger partial charge on any atom is -0.384 e. The van der Waals surface area contributed by atoms with Gasteiger partial charge in [-0.25, -0.2) is 0 Å². The molecule has 4 rings (SSSR count). The van der Waals surface area contributed by atoms with Crippen LogP contribution in [0.5, 0.6) is 0 Å². The lowest BCUT2D eigenvalue weighted by Gasteiger charge is -2.06. The van der Waals surface area contributed by atoms with Gasteiger partial charge < -0.3 is 16.0 Å². The van der Waals surface area contributed by atoms with Crippen LogP contribution in [0.4, 0.5) is 11.6 Å². The summed E-state index contributed by atoms with van der Waals surface area (Å²) in [6.07, 6.45) is 1.97. The quantitative estimate of drug-likeness (QED) is 0.592. The summed E-state index contributed by atoms with van der Waals surface area (Å²) in [6.45, 7) is 2.05. The molecular formula is C19H17N5. The Kier molecular flexibility index (Phi) is 3.20. The lowest BCUT2D eigenvalue weighted by atomic mass is 10.1. The molecule has 4 N–H and O–H groups in total. The molecule has 0 amide bonds. The fourth-order valence-electron chi connectivity index (χ4n) is 2.91. The highest BCUT2D eigenvalue weighted by Crippen LogP contribution is 2.35. The van der Waals surface area contributed by atoms with E-state index in [0.29, 0.717) is 11.6 Å². The van der Waals surface area contributed by atoms with Crippen LogP contribution in [0.25, 0.3) is 27.7 Å². The number of hydrogen-bond donors (Lipinski definition) is 2. The highest BCUT2D eigenvalue weighted by molar-refractivity contribution is 6.06. The van der Waals surface area contributed by atoms with Crippen LogP contribution in [0.1, 0.15) is 5.56 Å². The Morgan fingerprint density at radius 1 is 0.875 bits per heavy atom. The maximum absolute atomic E-state index is 6.37. The van der Waals surface area contributed by atoms with Gasteiger partial charge in [0.15, 0.2) is 5.82 Å². The van der Waals surface area contributed by atoms with Crippen LogP contribution in [0, 0.1) is 6.92 Å². The molecule has 4 aromatic rings. The minimum absolute atomic E-state index is 0.341. The number of nitrogens with two attached hydrogens (primary N) is 2.